The lowest BCUT2D eigenvalue weighted by atomic mass is 10.2. The number of hydrogen-bond acceptors (Lipinski definition) is 2. The molecule has 3 heteroatoms. The van der Waals surface area contributed by atoms with E-state index < -0.39 is 0 Å². The molecule has 1 aromatic heterocycles. The molecule has 0 atom stereocenters. The second-order valence-electron chi connectivity index (χ2n) is 1.97. The lowest BCUT2D eigenvalue weighted by Gasteiger charge is -1.90. The number of nitriles is 1. The van der Waals surface area contributed by atoms with Gasteiger partial charge in [-0.2, -0.15) is 5.26 Å². The van der Waals surface area contributed by atoms with Crippen molar-refractivity contribution in [1.29, 1.82) is 5.26 Å². The van der Waals surface area contributed by atoms with E-state index in [2.05, 4.69) is 9.83 Å². The summed E-state index contributed by atoms with van der Waals surface area (Å²) in [6.45, 7) is 6.65. The summed E-state index contributed by atoms with van der Waals surface area (Å²) in [5, 5.41) is 8.34. The van der Waals surface area contributed by atoms with Gasteiger partial charge in [-0.25, -0.2) is 0 Å². The molecule has 0 aliphatic heterocycles. The minimum Gasteiger partial charge on any atom is -0.361 e. The van der Waals surface area contributed by atoms with E-state index in [1.165, 1.54) is 0 Å². The second-order valence-corrected chi connectivity index (χ2v) is 1.97. The van der Waals surface area contributed by atoms with E-state index in [4.69, 9.17) is 11.8 Å². The van der Waals surface area contributed by atoms with Gasteiger partial charge in [-0.3, -0.25) is 0 Å². The summed E-state index contributed by atoms with van der Waals surface area (Å²) < 4.78 is 0. The summed E-state index contributed by atoms with van der Waals surface area (Å²) in [4.78, 5) is 6.92. The van der Waals surface area contributed by atoms with Crippen molar-refractivity contribution in [3.63, 3.8) is 0 Å². The van der Waals surface area contributed by atoms with Gasteiger partial charge in [-0.15, -0.1) is 4.98 Å². The van der Waals surface area contributed by atoms with Crippen LogP contribution in [0, 0.1) is 17.9 Å². The van der Waals surface area contributed by atoms with Gasteiger partial charge in [-0.1, -0.05) is 6.57 Å². The first-order valence-electron chi connectivity index (χ1n) is 3.06. The molecule has 0 aromatic carbocycles. The number of aromatic nitrogens is 1. The summed E-state index contributed by atoms with van der Waals surface area (Å²) in [6, 6.07) is 5.36. The fraction of sp³-hybridized carbons (Fsp3) is 0.125. The van der Waals surface area contributed by atoms with Crippen LogP contribution in [-0.4, -0.2) is 4.98 Å². The summed E-state index contributed by atoms with van der Waals surface area (Å²) in [6.07, 6.45) is 1.88. The molecule has 0 amide bonds. The van der Waals surface area contributed by atoms with Crippen LogP contribution in [0.4, 0.5) is 5.82 Å². The van der Waals surface area contributed by atoms with Crippen molar-refractivity contribution in [3.05, 3.63) is 35.3 Å². The van der Waals surface area contributed by atoms with Gasteiger partial charge < -0.3 is 4.85 Å². The van der Waals surface area contributed by atoms with E-state index in [1.54, 1.807) is 18.3 Å². The molecular formula is C8H5N3. The van der Waals surface area contributed by atoms with Crippen LogP contribution in [0.5, 0.6) is 0 Å². The molecule has 1 rings (SSSR count). The fourth-order valence-corrected chi connectivity index (χ4v) is 0.723. The van der Waals surface area contributed by atoms with Crippen LogP contribution in [0.3, 0.4) is 0 Å². The van der Waals surface area contributed by atoms with Crippen molar-refractivity contribution >= 4 is 5.82 Å². The number of pyridine rings is 1. The zero-order valence-corrected chi connectivity index (χ0v) is 5.78. The Morgan fingerprint density at radius 1 is 1.73 bits per heavy atom. The summed E-state index contributed by atoms with van der Waals surface area (Å²) in [5.41, 5.74) is 0.841. The molecule has 0 aliphatic rings. The molecule has 11 heavy (non-hydrogen) atoms. The molecule has 52 valence electrons. The first-order valence-corrected chi connectivity index (χ1v) is 3.06. The highest BCUT2D eigenvalue weighted by Gasteiger charge is 1.94. The molecule has 0 aliphatic carbocycles. The minimum absolute atomic E-state index is 0.338. The highest BCUT2D eigenvalue weighted by Crippen LogP contribution is 2.09. The van der Waals surface area contributed by atoms with Crippen LogP contribution in [0.1, 0.15) is 5.56 Å². The highest BCUT2D eigenvalue weighted by atomic mass is 14.8. The van der Waals surface area contributed by atoms with Gasteiger partial charge >= 0.3 is 0 Å². The van der Waals surface area contributed by atoms with E-state index in [-0.39, 0.29) is 0 Å². The van der Waals surface area contributed by atoms with Crippen LogP contribution in [0.25, 0.3) is 4.85 Å². The van der Waals surface area contributed by atoms with Gasteiger partial charge in [0.2, 0.25) is 0 Å². The molecule has 1 aromatic rings. The largest absolute Gasteiger partial charge is 0.361 e. The number of hydrogen-bond donors (Lipinski definition) is 0. The minimum atomic E-state index is 0.338. The summed E-state index contributed by atoms with van der Waals surface area (Å²) >= 11 is 0. The lowest BCUT2D eigenvalue weighted by molar-refractivity contribution is 1.22. The summed E-state index contributed by atoms with van der Waals surface area (Å²) in [7, 11) is 0. The van der Waals surface area contributed by atoms with Gasteiger partial charge in [0.15, 0.2) is 0 Å². The maximum atomic E-state index is 8.34. The Morgan fingerprint density at radius 3 is 3.18 bits per heavy atom. The maximum absolute atomic E-state index is 8.34. The molecule has 0 bridgehead atoms. The van der Waals surface area contributed by atoms with E-state index in [0.29, 0.717) is 12.2 Å². The number of rotatable bonds is 1. The zero-order chi connectivity index (χ0) is 8.10. The highest BCUT2D eigenvalue weighted by molar-refractivity contribution is 5.38. The first-order chi connectivity index (χ1) is 5.36. The SMILES string of the molecule is [C-]#[N+]c1cc(CC#N)ccn1. The van der Waals surface area contributed by atoms with Gasteiger partial charge in [-0.05, 0) is 17.7 Å². The Bertz CT molecular complexity index is 330. The Balaban J connectivity index is 2.96. The van der Waals surface area contributed by atoms with E-state index in [0.717, 1.165) is 5.56 Å². The van der Waals surface area contributed by atoms with Crippen LogP contribution < -0.4 is 0 Å². The van der Waals surface area contributed by atoms with Crippen molar-refractivity contribution in [1.82, 2.24) is 4.98 Å². The van der Waals surface area contributed by atoms with Crippen LogP contribution in [0.15, 0.2) is 18.3 Å². The Hall–Kier alpha value is -1.87. The van der Waals surface area contributed by atoms with Crippen LogP contribution >= 0.6 is 0 Å². The molecule has 0 fully saturated rings. The maximum Gasteiger partial charge on any atom is 0.269 e. The molecule has 0 N–H and O–H groups in total. The topological polar surface area (TPSA) is 41.0 Å². The standard InChI is InChI=1S/C8H5N3/c1-10-8-6-7(2-4-9)3-5-11-8/h3,5-6H,2H2. The van der Waals surface area contributed by atoms with Crippen molar-refractivity contribution in [2.24, 2.45) is 0 Å². The van der Waals surface area contributed by atoms with Gasteiger partial charge in [0.05, 0.1) is 12.5 Å². The fourth-order valence-electron chi connectivity index (χ4n) is 0.723. The van der Waals surface area contributed by atoms with Gasteiger partial charge in [0, 0.05) is 0 Å². The molecule has 0 spiro atoms. The molecule has 0 saturated carbocycles. The third-order valence-electron chi connectivity index (χ3n) is 1.21. The second kappa shape index (κ2) is 3.34. The van der Waals surface area contributed by atoms with Crippen LogP contribution in [0.2, 0.25) is 0 Å². The molecule has 0 radical (unpaired) electrons. The lowest BCUT2D eigenvalue weighted by Crippen LogP contribution is -1.80. The molecule has 0 saturated heterocycles. The zero-order valence-electron chi connectivity index (χ0n) is 5.78. The van der Waals surface area contributed by atoms with E-state index >= 15 is 0 Å². The van der Waals surface area contributed by atoms with Gasteiger partial charge in [0.1, 0.15) is 6.20 Å². The average molecular weight is 143 g/mol. The van der Waals surface area contributed by atoms with E-state index in [9.17, 15) is 0 Å². The normalized spacial score (nSPS) is 8.18. The van der Waals surface area contributed by atoms with Crippen molar-refractivity contribution in [3.8, 4) is 6.07 Å². The predicted octanol–water partition coefficient (Wildman–Crippen LogP) is 1.70. The Morgan fingerprint density at radius 2 is 2.55 bits per heavy atom. The molecule has 0 unspecified atom stereocenters. The van der Waals surface area contributed by atoms with Crippen molar-refractivity contribution in [2.75, 3.05) is 0 Å². The molecule has 3 nitrogen and oxygen atoms in total. The number of nitrogens with zero attached hydrogens (tertiary/aromatic N) is 3. The summed E-state index contributed by atoms with van der Waals surface area (Å²) in [5.74, 6) is 0.345. The monoisotopic (exact) mass is 143 g/mol. The Kier molecular flexibility index (Phi) is 2.20. The first kappa shape index (κ1) is 7.24. The average Bonchev–Trinajstić information content (AvgIpc) is 2.06. The van der Waals surface area contributed by atoms with Crippen molar-refractivity contribution < 1.29 is 0 Å². The smallest absolute Gasteiger partial charge is 0.269 e. The van der Waals surface area contributed by atoms with Crippen molar-refractivity contribution in [2.45, 2.75) is 6.42 Å². The van der Waals surface area contributed by atoms with Gasteiger partial charge in [0.25, 0.3) is 5.82 Å². The molecule has 1 heterocycles. The van der Waals surface area contributed by atoms with E-state index in [1.807, 2.05) is 6.07 Å². The van der Waals surface area contributed by atoms with Crippen LogP contribution in [-0.2, 0) is 6.42 Å². The Labute approximate surface area is 64.7 Å². The predicted molar refractivity (Wildman–Crippen MR) is 39.8 cm³/mol. The third-order valence-corrected chi connectivity index (χ3v) is 1.21. The third kappa shape index (κ3) is 1.77. The quantitative estimate of drug-likeness (QED) is 0.561. The molecular weight excluding hydrogens is 138 g/mol.